The van der Waals surface area contributed by atoms with Crippen LogP contribution in [0.15, 0.2) is 23.1 Å². The predicted molar refractivity (Wildman–Crippen MR) is 73.3 cm³/mol. The average molecular weight is 300 g/mol. The van der Waals surface area contributed by atoms with Gasteiger partial charge in [0.05, 0.1) is 4.90 Å². The molecule has 5 nitrogen and oxygen atoms in total. The summed E-state index contributed by atoms with van der Waals surface area (Å²) in [5, 5.41) is 0. The predicted octanol–water partition coefficient (Wildman–Crippen LogP) is 1.19. The zero-order valence-electron chi connectivity index (χ0n) is 11.0. The van der Waals surface area contributed by atoms with Crippen LogP contribution >= 0.6 is 0 Å². The molecule has 0 aromatic heterocycles. The zero-order valence-corrected chi connectivity index (χ0v) is 11.8. The fraction of sp³-hybridized carbons (Fsp3) is 0.462. The summed E-state index contributed by atoms with van der Waals surface area (Å²) in [7, 11) is -3.87. The molecule has 0 aliphatic carbocycles. The van der Waals surface area contributed by atoms with Crippen LogP contribution < -0.4 is 5.73 Å². The molecule has 1 amide bonds. The van der Waals surface area contributed by atoms with Crippen LogP contribution in [0.5, 0.6) is 0 Å². The van der Waals surface area contributed by atoms with Crippen molar-refractivity contribution in [2.24, 2.45) is 0 Å². The van der Waals surface area contributed by atoms with Gasteiger partial charge >= 0.3 is 0 Å². The number of rotatable bonds is 3. The Kier molecular flexibility index (Phi) is 4.27. The van der Waals surface area contributed by atoms with E-state index in [1.165, 1.54) is 6.07 Å². The number of hydrogen-bond acceptors (Lipinski definition) is 4. The molecule has 1 aromatic carbocycles. The summed E-state index contributed by atoms with van der Waals surface area (Å²) in [5.74, 6) is -1.81. The lowest BCUT2D eigenvalue weighted by Crippen LogP contribution is -2.39. The van der Waals surface area contributed by atoms with Crippen LogP contribution in [0.4, 0.5) is 10.1 Å². The third-order valence-electron chi connectivity index (χ3n) is 3.28. The summed E-state index contributed by atoms with van der Waals surface area (Å²) < 4.78 is 37.5. The number of benzene rings is 1. The van der Waals surface area contributed by atoms with Crippen molar-refractivity contribution in [3.8, 4) is 0 Å². The number of nitrogens with two attached hydrogens (primary N) is 1. The highest BCUT2D eigenvalue weighted by atomic mass is 32.2. The minimum absolute atomic E-state index is 0.0222. The van der Waals surface area contributed by atoms with Crippen LogP contribution in [-0.4, -0.2) is 38.1 Å². The van der Waals surface area contributed by atoms with Crippen molar-refractivity contribution in [2.45, 2.75) is 24.2 Å². The quantitative estimate of drug-likeness (QED) is 0.850. The first-order valence-electron chi connectivity index (χ1n) is 6.45. The number of piperidine rings is 1. The van der Waals surface area contributed by atoms with E-state index >= 15 is 0 Å². The topological polar surface area (TPSA) is 80.5 Å². The van der Waals surface area contributed by atoms with Crippen molar-refractivity contribution < 1.29 is 17.6 Å². The highest BCUT2D eigenvalue weighted by molar-refractivity contribution is 7.92. The molecule has 110 valence electrons. The Balaban J connectivity index is 2.16. The van der Waals surface area contributed by atoms with E-state index in [4.69, 9.17) is 5.73 Å². The molecule has 0 radical (unpaired) electrons. The normalized spacial score (nSPS) is 16.1. The number of halogens is 1. The number of anilines is 1. The molecule has 1 heterocycles. The molecule has 1 aliphatic rings. The van der Waals surface area contributed by atoms with E-state index in [0.717, 1.165) is 31.4 Å². The highest BCUT2D eigenvalue weighted by Gasteiger charge is 2.25. The first-order chi connectivity index (χ1) is 9.38. The van der Waals surface area contributed by atoms with Gasteiger partial charge in [0, 0.05) is 18.8 Å². The lowest BCUT2D eigenvalue weighted by molar-refractivity contribution is -0.129. The third-order valence-corrected chi connectivity index (χ3v) is 4.86. The monoisotopic (exact) mass is 300 g/mol. The summed E-state index contributed by atoms with van der Waals surface area (Å²) >= 11 is 0. The van der Waals surface area contributed by atoms with E-state index in [0.29, 0.717) is 13.1 Å². The van der Waals surface area contributed by atoms with Gasteiger partial charge in [-0.15, -0.1) is 0 Å². The number of amides is 1. The minimum Gasteiger partial charge on any atom is -0.399 e. The Hall–Kier alpha value is -1.63. The lowest BCUT2D eigenvalue weighted by Gasteiger charge is -2.26. The van der Waals surface area contributed by atoms with E-state index in [-0.39, 0.29) is 10.6 Å². The molecule has 0 unspecified atom stereocenters. The molecule has 1 fully saturated rings. The van der Waals surface area contributed by atoms with Crippen molar-refractivity contribution in [3.63, 3.8) is 0 Å². The van der Waals surface area contributed by atoms with Crippen LogP contribution in [0.2, 0.25) is 0 Å². The van der Waals surface area contributed by atoms with Gasteiger partial charge in [0.2, 0.25) is 5.91 Å². The van der Waals surface area contributed by atoms with E-state index < -0.39 is 27.3 Å². The molecule has 20 heavy (non-hydrogen) atoms. The van der Waals surface area contributed by atoms with Crippen molar-refractivity contribution in [3.05, 3.63) is 24.0 Å². The number of carbonyl (C=O) groups excluding carboxylic acids is 1. The van der Waals surface area contributed by atoms with Gasteiger partial charge in [-0.1, -0.05) is 0 Å². The number of carbonyl (C=O) groups is 1. The van der Waals surface area contributed by atoms with Crippen LogP contribution in [0.1, 0.15) is 19.3 Å². The van der Waals surface area contributed by atoms with Gasteiger partial charge in [0.15, 0.2) is 9.84 Å². The van der Waals surface area contributed by atoms with Crippen LogP contribution in [0, 0.1) is 5.82 Å². The van der Waals surface area contributed by atoms with Crippen molar-refractivity contribution in [2.75, 3.05) is 24.6 Å². The van der Waals surface area contributed by atoms with Gasteiger partial charge in [-0.3, -0.25) is 4.79 Å². The fourth-order valence-corrected chi connectivity index (χ4v) is 3.53. The summed E-state index contributed by atoms with van der Waals surface area (Å²) in [4.78, 5) is 13.3. The van der Waals surface area contributed by atoms with Crippen molar-refractivity contribution >= 4 is 21.4 Å². The van der Waals surface area contributed by atoms with E-state index in [1.807, 2.05) is 0 Å². The lowest BCUT2D eigenvalue weighted by atomic mass is 10.1. The maximum atomic E-state index is 13.2. The van der Waals surface area contributed by atoms with Gasteiger partial charge in [0.25, 0.3) is 0 Å². The van der Waals surface area contributed by atoms with Crippen LogP contribution in [0.25, 0.3) is 0 Å². The fourth-order valence-electron chi connectivity index (χ4n) is 2.24. The number of nitrogens with zero attached hydrogens (tertiary/aromatic N) is 1. The van der Waals surface area contributed by atoms with E-state index in [2.05, 4.69) is 0 Å². The Labute approximate surface area is 117 Å². The summed E-state index contributed by atoms with van der Waals surface area (Å²) in [6.07, 6.45) is 2.83. The van der Waals surface area contributed by atoms with Crippen molar-refractivity contribution in [1.29, 1.82) is 0 Å². The molecule has 0 bridgehead atoms. The second-order valence-electron chi connectivity index (χ2n) is 4.92. The highest BCUT2D eigenvalue weighted by Crippen LogP contribution is 2.18. The number of nitrogen functional groups attached to an aromatic ring is 1. The molecule has 1 aromatic rings. The van der Waals surface area contributed by atoms with Gasteiger partial charge in [-0.05, 0) is 37.5 Å². The van der Waals surface area contributed by atoms with Crippen molar-refractivity contribution in [1.82, 2.24) is 4.90 Å². The number of sulfone groups is 1. The van der Waals surface area contributed by atoms with Gasteiger partial charge in [-0.2, -0.15) is 0 Å². The third kappa shape index (κ3) is 3.47. The second kappa shape index (κ2) is 5.78. The first-order valence-corrected chi connectivity index (χ1v) is 8.10. The largest absolute Gasteiger partial charge is 0.399 e. The molecule has 0 spiro atoms. The molecule has 7 heteroatoms. The molecule has 2 N–H and O–H groups in total. The molecule has 2 rings (SSSR count). The number of likely N-dealkylation sites (tertiary alicyclic amines) is 1. The maximum Gasteiger partial charge on any atom is 0.238 e. The van der Waals surface area contributed by atoms with Gasteiger partial charge in [-0.25, -0.2) is 12.8 Å². The zero-order chi connectivity index (χ0) is 14.8. The Morgan fingerprint density at radius 3 is 2.45 bits per heavy atom. The standard InChI is InChI=1S/C13H17FN2O3S/c14-10-6-11(15)8-12(7-10)20(18,19)9-13(17)16-4-2-1-3-5-16/h6-8H,1-5,9,15H2. The smallest absolute Gasteiger partial charge is 0.238 e. The Morgan fingerprint density at radius 2 is 1.85 bits per heavy atom. The SMILES string of the molecule is Nc1cc(F)cc(S(=O)(=O)CC(=O)N2CCCCC2)c1. The minimum atomic E-state index is -3.87. The molecular weight excluding hydrogens is 283 g/mol. The van der Waals surface area contributed by atoms with Gasteiger partial charge < -0.3 is 10.6 Å². The number of hydrogen-bond donors (Lipinski definition) is 1. The molecule has 0 saturated carbocycles. The van der Waals surface area contributed by atoms with Gasteiger partial charge in [0.1, 0.15) is 11.6 Å². The molecular formula is C13H17FN2O3S. The first kappa shape index (κ1) is 14.8. The van der Waals surface area contributed by atoms with E-state index in [9.17, 15) is 17.6 Å². The van der Waals surface area contributed by atoms with Crippen LogP contribution in [-0.2, 0) is 14.6 Å². The van der Waals surface area contributed by atoms with E-state index in [1.54, 1.807) is 4.90 Å². The Bertz CT molecular complexity index is 590. The summed E-state index contributed by atoms with van der Waals surface area (Å²) in [6.45, 7) is 1.17. The average Bonchev–Trinajstić information content (AvgIpc) is 2.38. The molecule has 0 atom stereocenters. The summed E-state index contributed by atoms with van der Waals surface area (Å²) in [5.41, 5.74) is 5.45. The molecule has 1 aliphatic heterocycles. The Morgan fingerprint density at radius 1 is 1.20 bits per heavy atom. The van der Waals surface area contributed by atoms with Crippen LogP contribution in [0.3, 0.4) is 0 Å². The maximum absolute atomic E-state index is 13.2. The molecule has 1 saturated heterocycles. The second-order valence-corrected chi connectivity index (χ2v) is 6.91. The summed E-state index contributed by atoms with van der Waals surface area (Å²) in [6, 6.07) is 3.09.